The number of nitrogens with zero attached hydrogens (tertiary/aromatic N) is 1. The van der Waals surface area contributed by atoms with Crippen molar-refractivity contribution < 1.29 is 14.3 Å². The molecule has 0 saturated heterocycles. The molecule has 2 amide bonds. The van der Waals surface area contributed by atoms with E-state index in [2.05, 4.69) is 18.3 Å². The normalized spacial score (nSPS) is 13.8. The minimum atomic E-state index is -0.370. The summed E-state index contributed by atoms with van der Waals surface area (Å²) in [6.07, 6.45) is 0.929. The number of aryl methyl sites for hydroxylation is 3. The largest absolute Gasteiger partial charge is 0.491 e. The second-order valence-electron chi connectivity index (χ2n) is 8.91. The number of hydrogen-bond acceptors (Lipinski definition) is 4. The SMILES string of the molecule is CCc1ccc(N2C(=O)C(Nc3cc(C)cc(C)c3)=C(c3ccc(OC(C)C)cc3)C2=O)cc1. The third-order valence-corrected chi connectivity index (χ3v) is 5.69. The third-order valence-electron chi connectivity index (χ3n) is 5.69. The number of anilines is 2. The average Bonchev–Trinajstić information content (AvgIpc) is 3.03. The van der Waals surface area contributed by atoms with Crippen LogP contribution in [0.3, 0.4) is 0 Å². The summed E-state index contributed by atoms with van der Waals surface area (Å²) in [5, 5.41) is 3.26. The van der Waals surface area contributed by atoms with Crippen LogP contribution in [0.15, 0.2) is 72.4 Å². The Kier molecular flexibility index (Phi) is 6.55. The molecule has 5 heteroatoms. The van der Waals surface area contributed by atoms with Gasteiger partial charge in [0.15, 0.2) is 0 Å². The zero-order chi connectivity index (χ0) is 24.4. The van der Waals surface area contributed by atoms with Crippen molar-refractivity contribution in [1.29, 1.82) is 0 Å². The number of rotatable bonds is 7. The third kappa shape index (κ3) is 4.74. The van der Waals surface area contributed by atoms with Crippen LogP contribution >= 0.6 is 0 Å². The van der Waals surface area contributed by atoms with Gasteiger partial charge < -0.3 is 10.1 Å². The molecule has 3 aromatic rings. The Labute approximate surface area is 201 Å². The molecular weight excluding hydrogens is 424 g/mol. The highest BCUT2D eigenvalue weighted by molar-refractivity contribution is 6.46. The lowest BCUT2D eigenvalue weighted by Gasteiger charge is -2.16. The summed E-state index contributed by atoms with van der Waals surface area (Å²) < 4.78 is 5.75. The van der Waals surface area contributed by atoms with E-state index in [9.17, 15) is 9.59 Å². The van der Waals surface area contributed by atoms with E-state index >= 15 is 0 Å². The van der Waals surface area contributed by atoms with Gasteiger partial charge in [-0.15, -0.1) is 0 Å². The molecule has 1 heterocycles. The summed E-state index contributed by atoms with van der Waals surface area (Å²) in [7, 11) is 0. The zero-order valence-electron chi connectivity index (χ0n) is 20.3. The molecule has 0 saturated carbocycles. The standard InChI is InChI=1S/C29H30N2O3/c1-6-21-7-11-24(12-8-21)31-28(32)26(22-9-13-25(14-10-22)34-18(2)3)27(29(31)33)30-23-16-19(4)15-20(5)17-23/h7-18,30H,6H2,1-5H3. The number of hydrogen-bond donors (Lipinski definition) is 1. The van der Waals surface area contributed by atoms with Crippen molar-refractivity contribution in [3.63, 3.8) is 0 Å². The Bertz CT molecular complexity index is 1240. The van der Waals surface area contributed by atoms with Gasteiger partial charge in [0.05, 0.1) is 17.4 Å². The molecule has 1 N–H and O–H groups in total. The van der Waals surface area contributed by atoms with Crippen LogP contribution in [0, 0.1) is 13.8 Å². The van der Waals surface area contributed by atoms with Gasteiger partial charge in [0.1, 0.15) is 11.4 Å². The van der Waals surface area contributed by atoms with Crippen LogP contribution in [-0.4, -0.2) is 17.9 Å². The maximum absolute atomic E-state index is 13.6. The molecule has 1 aliphatic heterocycles. The van der Waals surface area contributed by atoms with E-state index in [0.717, 1.165) is 28.8 Å². The molecule has 0 unspecified atom stereocenters. The fourth-order valence-electron chi connectivity index (χ4n) is 4.19. The summed E-state index contributed by atoms with van der Waals surface area (Å²) in [6.45, 7) is 10.00. The van der Waals surface area contributed by atoms with E-state index in [0.29, 0.717) is 22.6 Å². The molecule has 1 aliphatic rings. The fraction of sp³-hybridized carbons (Fsp3) is 0.241. The topological polar surface area (TPSA) is 58.6 Å². The van der Waals surface area contributed by atoms with Gasteiger partial charge in [-0.25, -0.2) is 4.90 Å². The van der Waals surface area contributed by atoms with Crippen molar-refractivity contribution in [3.8, 4) is 5.75 Å². The summed E-state index contributed by atoms with van der Waals surface area (Å²) in [4.78, 5) is 28.5. The van der Waals surface area contributed by atoms with E-state index in [4.69, 9.17) is 4.74 Å². The van der Waals surface area contributed by atoms with Gasteiger partial charge in [-0.2, -0.15) is 0 Å². The summed E-state index contributed by atoms with van der Waals surface area (Å²) in [5.41, 5.74) is 5.90. The van der Waals surface area contributed by atoms with Crippen LogP contribution in [-0.2, 0) is 16.0 Å². The van der Waals surface area contributed by atoms with Crippen LogP contribution in [0.1, 0.15) is 43.0 Å². The molecule has 34 heavy (non-hydrogen) atoms. The van der Waals surface area contributed by atoms with E-state index in [-0.39, 0.29) is 23.6 Å². The van der Waals surface area contributed by atoms with Crippen LogP contribution in [0.5, 0.6) is 5.75 Å². The predicted molar refractivity (Wildman–Crippen MR) is 137 cm³/mol. The molecule has 0 aliphatic carbocycles. The van der Waals surface area contributed by atoms with E-state index in [1.54, 1.807) is 0 Å². The van der Waals surface area contributed by atoms with Gasteiger partial charge in [0, 0.05) is 5.69 Å². The van der Waals surface area contributed by atoms with Crippen LogP contribution in [0.25, 0.3) is 5.57 Å². The first-order chi connectivity index (χ1) is 16.3. The Morgan fingerprint density at radius 3 is 2.03 bits per heavy atom. The summed E-state index contributed by atoms with van der Waals surface area (Å²) in [5.74, 6) is -0.00322. The predicted octanol–water partition coefficient (Wildman–Crippen LogP) is 6.05. The Morgan fingerprint density at radius 1 is 0.853 bits per heavy atom. The number of ether oxygens (including phenoxy) is 1. The highest BCUT2D eigenvalue weighted by atomic mass is 16.5. The lowest BCUT2D eigenvalue weighted by atomic mass is 10.0. The van der Waals surface area contributed by atoms with Gasteiger partial charge in [-0.1, -0.05) is 37.3 Å². The lowest BCUT2D eigenvalue weighted by molar-refractivity contribution is -0.120. The maximum atomic E-state index is 13.6. The van der Waals surface area contributed by atoms with Gasteiger partial charge in [-0.05, 0) is 92.8 Å². The van der Waals surface area contributed by atoms with Crippen LogP contribution < -0.4 is 15.0 Å². The first kappa shape index (κ1) is 23.3. The molecule has 0 atom stereocenters. The van der Waals surface area contributed by atoms with Gasteiger partial charge in [0.2, 0.25) is 0 Å². The van der Waals surface area contributed by atoms with Gasteiger partial charge in [-0.3, -0.25) is 9.59 Å². The molecule has 0 fully saturated rings. The number of nitrogens with one attached hydrogen (secondary N) is 1. The van der Waals surface area contributed by atoms with Crippen molar-refractivity contribution in [2.75, 3.05) is 10.2 Å². The number of amides is 2. The summed E-state index contributed by atoms with van der Waals surface area (Å²) >= 11 is 0. The molecule has 3 aromatic carbocycles. The Hall–Kier alpha value is -3.86. The number of benzene rings is 3. The lowest BCUT2D eigenvalue weighted by Crippen LogP contribution is -2.32. The molecule has 4 rings (SSSR count). The molecule has 0 radical (unpaired) electrons. The minimum Gasteiger partial charge on any atom is -0.491 e. The van der Waals surface area contributed by atoms with Crippen molar-refractivity contribution >= 4 is 28.8 Å². The van der Waals surface area contributed by atoms with Crippen LogP contribution in [0.4, 0.5) is 11.4 Å². The quantitative estimate of drug-likeness (QED) is 0.442. The molecule has 0 spiro atoms. The van der Waals surface area contributed by atoms with Crippen LogP contribution in [0.2, 0.25) is 0 Å². The molecule has 5 nitrogen and oxygen atoms in total. The fourth-order valence-corrected chi connectivity index (χ4v) is 4.19. The van der Waals surface area contributed by atoms with E-state index < -0.39 is 0 Å². The Morgan fingerprint density at radius 2 is 1.47 bits per heavy atom. The van der Waals surface area contributed by atoms with Crippen molar-refractivity contribution in [2.24, 2.45) is 0 Å². The first-order valence-corrected chi connectivity index (χ1v) is 11.6. The number of carbonyl (C=O) groups excluding carboxylic acids is 2. The van der Waals surface area contributed by atoms with E-state index in [1.165, 1.54) is 4.90 Å². The second kappa shape index (κ2) is 9.56. The maximum Gasteiger partial charge on any atom is 0.282 e. The molecule has 0 aromatic heterocycles. The number of carbonyl (C=O) groups is 2. The van der Waals surface area contributed by atoms with Crippen molar-refractivity contribution in [2.45, 2.75) is 47.1 Å². The minimum absolute atomic E-state index is 0.0446. The molecule has 174 valence electrons. The monoisotopic (exact) mass is 454 g/mol. The average molecular weight is 455 g/mol. The highest BCUT2D eigenvalue weighted by Gasteiger charge is 2.40. The van der Waals surface area contributed by atoms with Gasteiger partial charge >= 0.3 is 0 Å². The zero-order valence-corrected chi connectivity index (χ0v) is 20.3. The number of imide groups is 1. The second-order valence-corrected chi connectivity index (χ2v) is 8.91. The highest BCUT2D eigenvalue weighted by Crippen LogP contribution is 2.35. The first-order valence-electron chi connectivity index (χ1n) is 11.6. The summed E-state index contributed by atoms with van der Waals surface area (Å²) in [6, 6.07) is 20.8. The molecule has 0 bridgehead atoms. The Balaban J connectivity index is 1.78. The van der Waals surface area contributed by atoms with Gasteiger partial charge in [0.25, 0.3) is 11.8 Å². The smallest absolute Gasteiger partial charge is 0.282 e. The van der Waals surface area contributed by atoms with Crippen molar-refractivity contribution in [3.05, 3.63) is 94.7 Å². The molecular formula is C29H30N2O3. The van der Waals surface area contributed by atoms with E-state index in [1.807, 2.05) is 88.4 Å². The van der Waals surface area contributed by atoms with Crippen molar-refractivity contribution in [1.82, 2.24) is 0 Å².